The maximum atomic E-state index is 12.6. The maximum Gasteiger partial charge on any atom is 0.263 e. The van der Waals surface area contributed by atoms with E-state index >= 15 is 0 Å². The fraction of sp³-hybridized carbons (Fsp3) is 0.765. The summed E-state index contributed by atoms with van der Waals surface area (Å²) >= 11 is 1.52. The number of carbonyl (C=O) groups is 1. The van der Waals surface area contributed by atoms with E-state index in [2.05, 4.69) is 24.1 Å². The van der Waals surface area contributed by atoms with Crippen molar-refractivity contribution >= 4 is 17.2 Å². The molecular weight excluding hydrogens is 312 g/mol. The average molecular weight is 338 g/mol. The molecule has 1 N–H and O–H groups in total. The first-order chi connectivity index (χ1) is 11.0. The second-order valence-electron chi connectivity index (χ2n) is 6.93. The molecule has 3 heterocycles. The topological polar surface area (TPSA) is 60.5 Å². The predicted molar refractivity (Wildman–Crippen MR) is 90.2 cm³/mol. The Labute approximate surface area is 141 Å². The summed E-state index contributed by atoms with van der Waals surface area (Å²) in [6.07, 6.45) is 3.62. The molecule has 0 bridgehead atoms. The van der Waals surface area contributed by atoms with Crippen molar-refractivity contribution in [2.45, 2.75) is 64.0 Å². The van der Waals surface area contributed by atoms with Gasteiger partial charge in [-0.1, -0.05) is 13.8 Å². The summed E-state index contributed by atoms with van der Waals surface area (Å²) in [7, 11) is 0. The van der Waals surface area contributed by atoms with Gasteiger partial charge in [-0.25, -0.2) is 4.98 Å². The van der Waals surface area contributed by atoms with Crippen molar-refractivity contribution in [3.05, 3.63) is 15.6 Å². The third-order valence-electron chi connectivity index (χ3n) is 4.75. The number of rotatable bonds is 3. The van der Waals surface area contributed by atoms with Gasteiger partial charge in [0.25, 0.3) is 5.91 Å². The Bertz CT molecular complexity index is 559. The molecular formula is C17H26N2O3S. The summed E-state index contributed by atoms with van der Waals surface area (Å²) in [6, 6.07) is 0.179. The normalized spacial score (nSPS) is 24.1. The van der Waals surface area contributed by atoms with Crippen molar-refractivity contribution in [1.82, 2.24) is 10.3 Å². The van der Waals surface area contributed by atoms with Gasteiger partial charge in [-0.3, -0.25) is 4.79 Å². The summed E-state index contributed by atoms with van der Waals surface area (Å²) in [5.41, 5.74) is 0.740. The molecule has 0 radical (unpaired) electrons. The average Bonchev–Trinajstić information content (AvgIpc) is 2.90. The first-order valence-electron chi connectivity index (χ1n) is 8.49. The molecule has 2 saturated heterocycles. The lowest BCUT2D eigenvalue weighted by Gasteiger charge is -2.43. The van der Waals surface area contributed by atoms with Crippen LogP contribution in [0.2, 0.25) is 0 Å². The van der Waals surface area contributed by atoms with Crippen LogP contribution in [-0.4, -0.2) is 42.4 Å². The Morgan fingerprint density at radius 2 is 2.09 bits per heavy atom. The molecule has 23 heavy (non-hydrogen) atoms. The van der Waals surface area contributed by atoms with E-state index in [0.29, 0.717) is 12.5 Å². The predicted octanol–water partition coefficient (Wildman–Crippen LogP) is 3.03. The van der Waals surface area contributed by atoms with Gasteiger partial charge >= 0.3 is 0 Å². The van der Waals surface area contributed by atoms with E-state index in [0.717, 1.165) is 54.5 Å². The van der Waals surface area contributed by atoms with Gasteiger partial charge in [-0.05, 0) is 32.6 Å². The number of nitrogens with one attached hydrogen (secondary N) is 1. The van der Waals surface area contributed by atoms with Gasteiger partial charge in [0.05, 0.1) is 16.3 Å². The number of carbonyl (C=O) groups excluding carboxylic acids is 1. The number of aromatic nitrogens is 1. The van der Waals surface area contributed by atoms with Crippen LogP contribution in [0.1, 0.15) is 65.8 Å². The minimum Gasteiger partial charge on any atom is -0.381 e. The summed E-state index contributed by atoms with van der Waals surface area (Å²) in [4.78, 5) is 17.9. The first kappa shape index (κ1) is 16.9. The SMILES string of the molecule is Cc1nc(C(C)C)sc1C(=O)N[C@@H]1CCOC2(CCOCC2)C1. The largest absolute Gasteiger partial charge is 0.381 e. The van der Waals surface area contributed by atoms with Gasteiger partial charge in [-0.2, -0.15) is 0 Å². The van der Waals surface area contributed by atoms with Gasteiger partial charge in [0.15, 0.2) is 0 Å². The molecule has 1 aromatic rings. The number of nitrogens with zero attached hydrogens (tertiary/aromatic N) is 1. The molecule has 1 aromatic heterocycles. The van der Waals surface area contributed by atoms with Crippen molar-refractivity contribution in [1.29, 1.82) is 0 Å². The first-order valence-corrected chi connectivity index (χ1v) is 9.31. The maximum absolute atomic E-state index is 12.6. The van der Waals surface area contributed by atoms with Crippen LogP contribution in [-0.2, 0) is 9.47 Å². The van der Waals surface area contributed by atoms with Gasteiger partial charge in [0.2, 0.25) is 0 Å². The molecule has 1 atom stereocenters. The van der Waals surface area contributed by atoms with E-state index in [1.165, 1.54) is 11.3 Å². The van der Waals surface area contributed by atoms with Crippen LogP contribution in [0.3, 0.4) is 0 Å². The highest BCUT2D eigenvalue weighted by atomic mass is 32.1. The van der Waals surface area contributed by atoms with Crippen molar-refractivity contribution in [3.63, 3.8) is 0 Å². The Morgan fingerprint density at radius 3 is 2.74 bits per heavy atom. The van der Waals surface area contributed by atoms with Crippen molar-refractivity contribution in [3.8, 4) is 0 Å². The molecule has 5 nitrogen and oxygen atoms in total. The second kappa shape index (κ2) is 6.87. The fourth-order valence-electron chi connectivity index (χ4n) is 3.37. The van der Waals surface area contributed by atoms with Crippen LogP contribution in [0.4, 0.5) is 0 Å². The highest BCUT2D eigenvalue weighted by molar-refractivity contribution is 7.13. The number of hydrogen-bond donors (Lipinski definition) is 1. The van der Waals surface area contributed by atoms with E-state index in [1.54, 1.807) is 0 Å². The minimum absolute atomic E-state index is 0.0148. The van der Waals surface area contributed by atoms with E-state index in [-0.39, 0.29) is 17.6 Å². The Balaban J connectivity index is 1.65. The molecule has 128 valence electrons. The molecule has 0 unspecified atom stereocenters. The molecule has 3 rings (SSSR count). The smallest absolute Gasteiger partial charge is 0.263 e. The molecule has 2 aliphatic rings. The van der Waals surface area contributed by atoms with Crippen LogP contribution >= 0.6 is 11.3 Å². The number of thiazole rings is 1. The molecule has 6 heteroatoms. The molecule has 1 spiro atoms. The fourth-order valence-corrected chi connectivity index (χ4v) is 4.34. The zero-order chi connectivity index (χ0) is 16.4. The summed E-state index contributed by atoms with van der Waals surface area (Å²) in [5.74, 6) is 0.370. The van der Waals surface area contributed by atoms with Gasteiger partial charge < -0.3 is 14.8 Å². The zero-order valence-corrected chi connectivity index (χ0v) is 15.0. The Morgan fingerprint density at radius 1 is 1.35 bits per heavy atom. The van der Waals surface area contributed by atoms with Crippen molar-refractivity contribution in [2.24, 2.45) is 0 Å². The second-order valence-corrected chi connectivity index (χ2v) is 7.96. The van der Waals surface area contributed by atoms with Crippen LogP contribution < -0.4 is 5.32 Å². The number of aryl methyl sites for hydroxylation is 1. The molecule has 0 aromatic carbocycles. The zero-order valence-electron chi connectivity index (χ0n) is 14.2. The lowest BCUT2D eigenvalue weighted by atomic mass is 9.84. The molecule has 1 amide bonds. The van der Waals surface area contributed by atoms with Crippen molar-refractivity contribution in [2.75, 3.05) is 19.8 Å². The molecule has 2 aliphatic heterocycles. The van der Waals surface area contributed by atoms with Crippen LogP contribution in [0.5, 0.6) is 0 Å². The number of hydrogen-bond acceptors (Lipinski definition) is 5. The molecule has 2 fully saturated rings. The highest BCUT2D eigenvalue weighted by Gasteiger charge is 2.39. The van der Waals surface area contributed by atoms with Crippen LogP contribution in [0, 0.1) is 6.92 Å². The summed E-state index contributed by atoms with van der Waals surface area (Å²) < 4.78 is 11.5. The van der Waals surface area contributed by atoms with Crippen LogP contribution in [0.25, 0.3) is 0 Å². The monoisotopic (exact) mass is 338 g/mol. The van der Waals surface area contributed by atoms with E-state index < -0.39 is 0 Å². The quantitative estimate of drug-likeness (QED) is 0.920. The van der Waals surface area contributed by atoms with E-state index in [9.17, 15) is 4.79 Å². The van der Waals surface area contributed by atoms with Crippen molar-refractivity contribution < 1.29 is 14.3 Å². The number of ether oxygens (including phenoxy) is 2. The summed E-state index contributed by atoms with van der Waals surface area (Å²) in [6.45, 7) is 8.35. The third-order valence-corrected chi connectivity index (χ3v) is 6.20. The Kier molecular flexibility index (Phi) is 5.04. The van der Waals surface area contributed by atoms with Crippen LogP contribution in [0.15, 0.2) is 0 Å². The van der Waals surface area contributed by atoms with Gasteiger partial charge in [0.1, 0.15) is 4.88 Å². The van der Waals surface area contributed by atoms with E-state index in [4.69, 9.17) is 9.47 Å². The number of amides is 1. The standard InChI is InChI=1S/C17H26N2O3S/c1-11(2)16-18-12(3)14(23-16)15(20)19-13-4-7-22-17(10-13)5-8-21-9-6-17/h11,13H,4-10H2,1-3H3,(H,19,20)/t13-/m1/s1. The Hall–Kier alpha value is -0.980. The van der Waals surface area contributed by atoms with E-state index in [1.807, 2.05) is 6.92 Å². The lowest BCUT2D eigenvalue weighted by molar-refractivity contribution is -0.139. The lowest BCUT2D eigenvalue weighted by Crippen LogP contribution is -2.51. The highest BCUT2D eigenvalue weighted by Crippen LogP contribution is 2.34. The third kappa shape index (κ3) is 3.75. The van der Waals surface area contributed by atoms with Gasteiger partial charge in [-0.15, -0.1) is 11.3 Å². The van der Waals surface area contributed by atoms with Gasteiger partial charge in [0, 0.05) is 31.8 Å². The molecule has 0 aliphatic carbocycles. The summed E-state index contributed by atoms with van der Waals surface area (Å²) in [5, 5.41) is 4.24. The minimum atomic E-state index is -0.0969. The molecule has 0 saturated carbocycles.